The van der Waals surface area contributed by atoms with Gasteiger partial charge in [0.05, 0.1) is 6.20 Å². The van der Waals surface area contributed by atoms with Crippen molar-refractivity contribution in [3.05, 3.63) is 11.8 Å². The summed E-state index contributed by atoms with van der Waals surface area (Å²) in [6.07, 6.45) is 1.80. The fourth-order valence-electron chi connectivity index (χ4n) is 1.18. The third-order valence-corrected chi connectivity index (χ3v) is 2.52. The molecule has 0 amide bonds. The van der Waals surface area contributed by atoms with Gasteiger partial charge in [-0.25, -0.2) is 0 Å². The maximum Gasteiger partial charge on any atom is 0.203 e. The van der Waals surface area contributed by atoms with Gasteiger partial charge in [0.1, 0.15) is 5.69 Å². The van der Waals surface area contributed by atoms with Crippen molar-refractivity contribution in [1.29, 1.82) is 0 Å². The number of nitrogens with two attached hydrogens (primary N) is 1. The van der Waals surface area contributed by atoms with Crippen molar-refractivity contribution in [1.82, 2.24) is 20.0 Å². The highest BCUT2D eigenvalue weighted by molar-refractivity contribution is 7.18. The minimum absolute atomic E-state index is 0.482. The Morgan fingerprint density at radius 3 is 2.69 bits per heavy atom. The van der Waals surface area contributed by atoms with Crippen LogP contribution in [0.15, 0.2) is 6.20 Å². The van der Waals surface area contributed by atoms with Crippen LogP contribution in [0.4, 0.5) is 5.13 Å². The molecule has 2 N–H and O–H groups in total. The molecule has 2 rings (SSSR count). The highest BCUT2D eigenvalue weighted by Crippen LogP contribution is 2.26. The quantitative estimate of drug-likeness (QED) is 0.731. The maximum atomic E-state index is 5.50. The summed E-state index contributed by atoms with van der Waals surface area (Å²) >= 11 is 1.37. The fourth-order valence-corrected chi connectivity index (χ4v) is 1.94. The van der Waals surface area contributed by atoms with Crippen molar-refractivity contribution in [2.45, 2.75) is 6.92 Å². The van der Waals surface area contributed by atoms with Crippen LogP contribution in [-0.4, -0.2) is 20.0 Å². The zero-order chi connectivity index (χ0) is 9.42. The van der Waals surface area contributed by atoms with Crippen LogP contribution in [0.2, 0.25) is 0 Å². The number of aromatic nitrogens is 4. The van der Waals surface area contributed by atoms with E-state index in [1.807, 2.05) is 14.0 Å². The van der Waals surface area contributed by atoms with E-state index in [0.29, 0.717) is 5.13 Å². The van der Waals surface area contributed by atoms with Crippen molar-refractivity contribution < 1.29 is 0 Å². The molecule has 0 unspecified atom stereocenters. The van der Waals surface area contributed by atoms with Gasteiger partial charge in [-0.3, -0.25) is 4.68 Å². The Balaban J connectivity index is 2.57. The molecule has 0 aliphatic carbocycles. The number of hydrogen-bond donors (Lipinski definition) is 1. The van der Waals surface area contributed by atoms with E-state index in [2.05, 4.69) is 15.3 Å². The van der Waals surface area contributed by atoms with Crippen LogP contribution in [0.25, 0.3) is 10.7 Å². The number of rotatable bonds is 1. The van der Waals surface area contributed by atoms with Crippen LogP contribution in [0, 0.1) is 6.92 Å². The molecule has 13 heavy (non-hydrogen) atoms. The molecule has 5 nitrogen and oxygen atoms in total. The number of anilines is 1. The lowest BCUT2D eigenvalue weighted by atomic mass is 10.3. The van der Waals surface area contributed by atoms with E-state index in [1.54, 1.807) is 10.9 Å². The predicted octanol–water partition coefficient (Wildman–Crippen LogP) is 0.829. The topological polar surface area (TPSA) is 69.6 Å². The zero-order valence-corrected chi connectivity index (χ0v) is 8.17. The standard InChI is InChI=1S/C7H9N5S/c1-4-3-9-12(2)5(4)6-10-11-7(8)13-6/h3H,1-2H3,(H2,8,11). The van der Waals surface area contributed by atoms with Gasteiger partial charge in [-0.2, -0.15) is 5.10 Å². The normalized spacial score (nSPS) is 10.6. The van der Waals surface area contributed by atoms with E-state index in [4.69, 9.17) is 5.73 Å². The van der Waals surface area contributed by atoms with Gasteiger partial charge in [0.2, 0.25) is 5.13 Å². The van der Waals surface area contributed by atoms with Gasteiger partial charge in [0.15, 0.2) is 5.01 Å². The minimum atomic E-state index is 0.482. The van der Waals surface area contributed by atoms with Gasteiger partial charge in [-0.05, 0) is 12.5 Å². The molecule has 2 aromatic rings. The molecule has 0 atom stereocenters. The van der Waals surface area contributed by atoms with Crippen LogP contribution >= 0.6 is 11.3 Å². The molecule has 0 spiro atoms. The first-order valence-corrected chi connectivity index (χ1v) is 4.58. The third-order valence-electron chi connectivity index (χ3n) is 1.76. The van der Waals surface area contributed by atoms with Gasteiger partial charge in [0, 0.05) is 7.05 Å². The molecule has 0 radical (unpaired) electrons. The molecule has 0 saturated heterocycles. The molecule has 2 aromatic heterocycles. The van der Waals surface area contributed by atoms with Gasteiger partial charge < -0.3 is 5.73 Å². The smallest absolute Gasteiger partial charge is 0.203 e. The van der Waals surface area contributed by atoms with Crippen LogP contribution in [0.1, 0.15) is 5.56 Å². The molecule has 0 aliphatic heterocycles. The second-order valence-corrected chi connectivity index (χ2v) is 3.75. The molecule has 0 aromatic carbocycles. The lowest BCUT2D eigenvalue weighted by Gasteiger charge is -1.96. The maximum absolute atomic E-state index is 5.50. The summed E-state index contributed by atoms with van der Waals surface area (Å²) in [5.74, 6) is 0. The van der Waals surface area contributed by atoms with E-state index in [9.17, 15) is 0 Å². The van der Waals surface area contributed by atoms with Crippen LogP contribution in [-0.2, 0) is 7.05 Å². The molecule has 2 heterocycles. The highest BCUT2D eigenvalue weighted by Gasteiger charge is 2.11. The predicted molar refractivity (Wildman–Crippen MR) is 51.3 cm³/mol. The summed E-state index contributed by atoms with van der Waals surface area (Å²) in [5.41, 5.74) is 7.56. The fraction of sp³-hybridized carbons (Fsp3) is 0.286. The van der Waals surface area contributed by atoms with Crippen molar-refractivity contribution in [2.24, 2.45) is 7.05 Å². The molecular formula is C7H9N5S. The Morgan fingerprint density at radius 1 is 1.46 bits per heavy atom. The lowest BCUT2D eigenvalue weighted by molar-refractivity contribution is 0.773. The monoisotopic (exact) mass is 195 g/mol. The first-order valence-electron chi connectivity index (χ1n) is 3.76. The number of hydrogen-bond acceptors (Lipinski definition) is 5. The summed E-state index contributed by atoms with van der Waals surface area (Å²) in [6, 6.07) is 0. The van der Waals surface area contributed by atoms with E-state index in [0.717, 1.165) is 16.3 Å². The second-order valence-electron chi connectivity index (χ2n) is 2.75. The zero-order valence-electron chi connectivity index (χ0n) is 7.35. The van der Waals surface area contributed by atoms with Gasteiger partial charge in [-0.15, -0.1) is 10.2 Å². The summed E-state index contributed by atoms with van der Waals surface area (Å²) in [7, 11) is 1.87. The van der Waals surface area contributed by atoms with E-state index in [-0.39, 0.29) is 0 Å². The van der Waals surface area contributed by atoms with Crippen molar-refractivity contribution in [2.75, 3.05) is 5.73 Å². The molecule has 6 heteroatoms. The van der Waals surface area contributed by atoms with E-state index >= 15 is 0 Å². The average molecular weight is 195 g/mol. The van der Waals surface area contributed by atoms with Gasteiger partial charge in [-0.1, -0.05) is 11.3 Å². The number of aryl methyl sites for hydroxylation is 2. The largest absolute Gasteiger partial charge is 0.374 e. The Hall–Kier alpha value is -1.43. The summed E-state index contributed by atoms with van der Waals surface area (Å²) in [5, 5.41) is 13.1. The average Bonchev–Trinajstić information content (AvgIpc) is 2.60. The molecular weight excluding hydrogens is 186 g/mol. The van der Waals surface area contributed by atoms with Crippen LogP contribution < -0.4 is 5.73 Å². The first kappa shape index (κ1) is 8.18. The highest BCUT2D eigenvalue weighted by atomic mass is 32.1. The Bertz CT molecular complexity index is 410. The van der Waals surface area contributed by atoms with Gasteiger partial charge in [0.25, 0.3) is 0 Å². The number of nitrogens with zero attached hydrogens (tertiary/aromatic N) is 4. The SMILES string of the molecule is Cc1cnn(C)c1-c1nnc(N)s1. The second kappa shape index (κ2) is 2.81. The molecule has 0 bridgehead atoms. The van der Waals surface area contributed by atoms with Crippen molar-refractivity contribution >= 4 is 16.5 Å². The lowest BCUT2D eigenvalue weighted by Crippen LogP contribution is -1.93. The summed E-state index contributed by atoms with van der Waals surface area (Å²) in [4.78, 5) is 0. The third kappa shape index (κ3) is 1.29. The molecule has 0 saturated carbocycles. The summed E-state index contributed by atoms with van der Waals surface area (Å²) < 4.78 is 1.77. The van der Waals surface area contributed by atoms with Gasteiger partial charge >= 0.3 is 0 Å². The minimum Gasteiger partial charge on any atom is -0.374 e. The Labute approximate surface area is 79.2 Å². The summed E-state index contributed by atoms with van der Waals surface area (Å²) in [6.45, 7) is 1.99. The van der Waals surface area contributed by atoms with E-state index < -0.39 is 0 Å². The Kier molecular flexibility index (Phi) is 1.77. The Morgan fingerprint density at radius 2 is 2.23 bits per heavy atom. The molecule has 0 aliphatic rings. The molecule has 0 fully saturated rings. The number of nitrogen functional groups attached to an aromatic ring is 1. The van der Waals surface area contributed by atoms with Crippen LogP contribution in [0.5, 0.6) is 0 Å². The molecule has 68 valence electrons. The van der Waals surface area contributed by atoms with Crippen LogP contribution in [0.3, 0.4) is 0 Å². The van der Waals surface area contributed by atoms with Crippen molar-refractivity contribution in [3.8, 4) is 10.7 Å². The van der Waals surface area contributed by atoms with Crippen molar-refractivity contribution in [3.63, 3.8) is 0 Å². The first-order chi connectivity index (χ1) is 6.18. The van der Waals surface area contributed by atoms with E-state index in [1.165, 1.54) is 11.3 Å².